The van der Waals surface area contributed by atoms with Gasteiger partial charge in [0.15, 0.2) is 5.82 Å². The maximum atomic E-state index is 12.0. The second kappa shape index (κ2) is 9.84. The van der Waals surface area contributed by atoms with E-state index in [0.29, 0.717) is 24.9 Å². The maximum absolute atomic E-state index is 12.0. The van der Waals surface area contributed by atoms with Gasteiger partial charge in [0.1, 0.15) is 10.7 Å². The van der Waals surface area contributed by atoms with Gasteiger partial charge in [-0.25, -0.2) is 9.97 Å². The number of carbonyl (C=O) groups excluding carboxylic acids is 1. The molecule has 10 nitrogen and oxygen atoms in total. The number of amides is 1. The monoisotopic (exact) mass is 478 g/mol. The molecule has 0 atom stereocenters. The van der Waals surface area contributed by atoms with Crippen LogP contribution in [0, 0.1) is 12.8 Å². The Bertz CT molecular complexity index is 1300. The second-order valence-corrected chi connectivity index (χ2v) is 9.32. The number of rotatable bonds is 10. The van der Waals surface area contributed by atoms with Gasteiger partial charge in [-0.1, -0.05) is 11.8 Å². The predicted octanol–water partition coefficient (Wildman–Crippen LogP) is 3.09. The third-order valence-electron chi connectivity index (χ3n) is 5.31. The van der Waals surface area contributed by atoms with Crippen LogP contribution in [0.25, 0.3) is 5.65 Å². The Morgan fingerprint density at radius 1 is 1.24 bits per heavy atom. The van der Waals surface area contributed by atoms with Gasteiger partial charge in [0.2, 0.25) is 11.9 Å². The highest BCUT2D eigenvalue weighted by Crippen LogP contribution is 2.32. The van der Waals surface area contributed by atoms with Crippen LogP contribution in [0.3, 0.4) is 0 Å². The molecular formula is C23H26N8O2S. The van der Waals surface area contributed by atoms with Crippen LogP contribution in [0.15, 0.2) is 52.5 Å². The standard InChI is InChI=1S/C23H26N8O2S/c1-14-10-19(30-29-14)27-23-28-21(11-20-25-17(13-31(20)23)12-24-8-9-32)34-18-6-4-16(5-7-18)26-22(33)15-2-3-15/h4-7,10-11,13,15,24,32H,2-3,8-9,12H2,1H3,(H,26,33)(H2,27,28,29,30). The fourth-order valence-corrected chi connectivity index (χ4v) is 4.26. The zero-order chi connectivity index (χ0) is 23.5. The van der Waals surface area contributed by atoms with Crippen LogP contribution in [0.5, 0.6) is 0 Å². The quantitative estimate of drug-likeness (QED) is 0.174. The minimum atomic E-state index is 0.0735. The smallest absolute Gasteiger partial charge is 0.227 e. The maximum Gasteiger partial charge on any atom is 0.227 e. The number of hydrogen-bond donors (Lipinski definition) is 5. The van der Waals surface area contributed by atoms with Gasteiger partial charge >= 0.3 is 0 Å². The van der Waals surface area contributed by atoms with Crippen molar-refractivity contribution in [1.29, 1.82) is 0 Å². The lowest BCUT2D eigenvalue weighted by Crippen LogP contribution is -2.17. The summed E-state index contributed by atoms with van der Waals surface area (Å²) < 4.78 is 1.89. The molecule has 0 bridgehead atoms. The van der Waals surface area contributed by atoms with Crippen LogP contribution in [-0.2, 0) is 11.3 Å². The van der Waals surface area contributed by atoms with Crippen molar-refractivity contribution in [3.8, 4) is 0 Å². The molecule has 1 fully saturated rings. The fraction of sp³-hybridized carbons (Fsp3) is 0.304. The molecule has 3 aromatic heterocycles. The largest absolute Gasteiger partial charge is 0.395 e. The molecule has 1 aromatic carbocycles. The number of imidazole rings is 1. The number of aliphatic hydroxyl groups excluding tert-OH is 1. The van der Waals surface area contributed by atoms with Gasteiger partial charge in [-0.15, -0.1) is 0 Å². The van der Waals surface area contributed by atoms with Gasteiger partial charge in [0, 0.05) is 53.6 Å². The summed E-state index contributed by atoms with van der Waals surface area (Å²) in [7, 11) is 0. The zero-order valence-corrected chi connectivity index (χ0v) is 19.5. The van der Waals surface area contributed by atoms with E-state index in [1.54, 1.807) is 0 Å². The summed E-state index contributed by atoms with van der Waals surface area (Å²) in [6.07, 6.45) is 3.88. The van der Waals surface area contributed by atoms with Gasteiger partial charge in [-0.05, 0) is 44.0 Å². The summed E-state index contributed by atoms with van der Waals surface area (Å²) in [5, 5.41) is 26.4. The first kappa shape index (κ1) is 22.4. The molecule has 1 aliphatic carbocycles. The lowest BCUT2D eigenvalue weighted by molar-refractivity contribution is -0.117. The molecule has 176 valence electrons. The lowest BCUT2D eigenvalue weighted by atomic mass is 10.3. The molecule has 5 N–H and O–H groups in total. The van der Waals surface area contributed by atoms with Crippen LogP contribution in [0.1, 0.15) is 24.2 Å². The first-order valence-electron chi connectivity index (χ1n) is 11.2. The highest BCUT2D eigenvalue weighted by Gasteiger charge is 2.29. The van der Waals surface area contributed by atoms with Crippen molar-refractivity contribution in [2.75, 3.05) is 23.8 Å². The van der Waals surface area contributed by atoms with Crippen LogP contribution < -0.4 is 16.0 Å². The van der Waals surface area contributed by atoms with Crippen LogP contribution in [0.2, 0.25) is 0 Å². The highest BCUT2D eigenvalue weighted by molar-refractivity contribution is 7.99. The van der Waals surface area contributed by atoms with Crippen molar-refractivity contribution in [2.24, 2.45) is 5.92 Å². The van der Waals surface area contributed by atoms with E-state index >= 15 is 0 Å². The number of H-pyrrole nitrogens is 1. The van der Waals surface area contributed by atoms with Gasteiger partial charge in [-0.2, -0.15) is 5.10 Å². The number of nitrogens with zero attached hydrogens (tertiary/aromatic N) is 4. The lowest BCUT2D eigenvalue weighted by Gasteiger charge is -2.09. The van der Waals surface area contributed by atoms with E-state index in [1.165, 1.54) is 11.8 Å². The summed E-state index contributed by atoms with van der Waals surface area (Å²) in [6.45, 7) is 3.05. The molecule has 0 unspecified atom stereocenters. The van der Waals surface area contributed by atoms with Crippen molar-refractivity contribution in [1.82, 2.24) is 29.9 Å². The minimum Gasteiger partial charge on any atom is -0.395 e. The zero-order valence-electron chi connectivity index (χ0n) is 18.7. The van der Waals surface area contributed by atoms with Gasteiger partial charge < -0.3 is 21.1 Å². The molecule has 4 aromatic rings. The summed E-state index contributed by atoms with van der Waals surface area (Å²) >= 11 is 1.52. The average molecular weight is 479 g/mol. The first-order valence-corrected chi connectivity index (χ1v) is 12.0. The van der Waals surface area contributed by atoms with Crippen LogP contribution in [-0.4, -0.2) is 48.7 Å². The number of carbonyl (C=O) groups is 1. The number of aromatic nitrogens is 5. The normalized spacial score (nSPS) is 13.4. The van der Waals surface area contributed by atoms with Crippen molar-refractivity contribution in [3.05, 3.63) is 54.0 Å². The number of anilines is 3. The first-order chi connectivity index (χ1) is 16.6. The van der Waals surface area contributed by atoms with Crippen molar-refractivity contribution >= 4 is 40.8 Å². The molecule has 11 heteroatoms. The van der Waals surface area contributed by atoms with E-state index in [-0.39, 0.29) is 18.4 Å². The Balaban J connectivity index is 1.38. The Kier molecular flexibility index (Phi) is 6.48. The van der Waals surface area contributed by atoms with Crippen molar-refractivity contribution in [3.63, 3.8) is 0 Å². The third kappa shape index (κ3) is 5.38. The molecule has 1 aliphatic rings. The predicted molar refractivity (Wildman–Crippen MR) is 130 cm³/mol. The van der Waals surface area contributed by atoms with E-state index in [0.717, 1.165) is 45.5 Å². The molecule has 0 radical (unpaired) electrons. The Morgan fingerprint density at radius 3 is 2.76 bits per heavy atom. The highest BCUT2D eigenvalue weighted by atomic mass is 32.2. The molecule has 0 aliphatic heterocycles. The average Bonchev–Trinajstić information content (AvgIpc) is 3.48. The molecule has 0 spiro atoms. The molecule has 5 rings (SSSR count). The number of aromatic amines is 1. The Morgan fingerprint density at radius 2 is 2.06 bits per heavy atom. The Hall–Kier alpha value is -3.41. The summed E-state index contributed by atoms with van der Waals surface area (Å²) in [5.74, 6) is 1.53. The number of aryl methyl sites for hydroxylation is 1. The van der Waals surface area contributed by atoms with Crippen LogP contribution in [0.4, 0.5) is 17.5 Å². The van der Waals surface area contributed by atoms with Gasteiger partial charge in [-0.3, -0.25) is 14.3 Å². The van der Waals surface area contributed by atoms with Crippen LogP contribution >= 0.6 is 11.8 Å². The minimum absolute atomic E-state index is 0.0735. The van der Waals surface area contributed by atoms with Crippen molar-refractivity contribution in [2.45, 2.75) is 36.2 Å². The van der Waals surface area contributed by atoms with E-state index in [9.17, 15) is 4.79 Å². The number of nitrogens with one attached hydrogen (secondary N) is 4. The molecule has 1 saturated carbocycles. The van der Waals surface area contributed by atoms with E-state index < -0.39 is 0 Å². The summed E-state index contributed by atoms with van der Waals surface area (Å²) in [5.41, 5.74) is 3.34. The second-order valence-electron chi connectivity index (χ2n) is 8.23. The molecule has 3 heterocycles. The molecule has 0 saturated heterocycles. The van der Waals surface area contributed by atoms with E-state index in [1.807, 2.05) is 53.9 Å². The van der Waals surface area contributed by atoms with E-state index in [2.05, 4.69) is 26.1 Å². The molecule has 1 amide bonds. The van der Waals surface area contributed by atoms with Crippen molar-refractivity contribution < 1.29 is 9.90 Å². The molecular weight excluding hydrogens is 452 g/mol. The Labute approximate surface area is 200 Å². The third-order valence-corrected chi connectivity index (χ3v) is 6.24. The number of hydrogen-bond acceptors (Lipinski definition) is 8. The summed E-state index contributed by atoms with van der Waals surface area (Å²) in [4.78, 5) is 22.5. The number of fused-ring (bicyclic) bond motifs is 1. The topological polar surface area (TPSA) is 132 Å². The SMILES string of the molecule is Cc1cc(Nc2nc(Sc3ccc(NC(=O)C4CC4)cc3)cc3nc(CNCCO)cn23)n[nH]1. The van der Waals surface area contributed by atoms with Gasteiger partial charge in [0.05, 0.1) is 12.3 Å². The number of aliphatic hydroxyl groups is 1. The van der Waals surface area contributed by atoms with E-state index in [4.69, 9.17) is 15.1 Å². The summed E-state index contributed by atoms with van der Waals surface area (Å²) in [6, 6.07) is 11.6. The fourth-order valence-electron chi connectivity index (χ4n) is 3.45. The number of benzene rings is 1. The molecule has 34 heavy (non-hydrogen) atoms. The van der Waals surface area contributed by atoms with Gasteiger partial charge in [0.25, 0.3) is 0 Å².